The van der Waals surface area contributed by atoms with Crippen molar-refractivity contribution < 1.29 is 28.3 Å². The number of hydrogen-bond acceptors (Lipinski definition) is 7. The fourth-order valence-corrected chi connectivity index (χ4v) is 4.58. The van der Waals surface area contributed by atoms with Gasteiger partial charge in [-0.3, -0.25) is 19.2 Å². The Kier molecular flexibility index (Phi) is 9.44. The fourth-order valence-electron chi connectivity index (χ4n) is 4.58. The van der Waals surface area contributed by atoms with E-state index in [1.54, 1.807) is 4.90 Å². The molecule has 0 bridgehead atoms. The van der Waals surface area contributed by atoms with Gasteiger partial charge in [0.2, 0.25) is 17.7 Å². The van der Waals surface area contributed by atoms with Crippen LogP contribution < -0.4 is 15.8 Å². The normalized spacial score (nSPS) is 23.8. The molecule has 0 radical (unpaired) electrons. The molecule has 0 unspecified atom stereocenters. The summed E-state index contributed by atoms with van der Waals surface area (Å²) in [6, 6.07) is 2.00. The van der Waals surface area contributed by atoms with E-state index in [1.807, 2.05) is 19.0 Å². The van der Waals surface area contributed by atoms with Crippen molar-refractivity contribution in [2.75, 3.05) is 61.0 Å². The van der Waals surface area contributed by atoms with Crippen LogP contribution in [0.25, 0.3) is 0 Å². The van der Waals surface area contributed by atoms with Crippen molar-refractivity contribution in [3.63, 3.8) is 0 Å². The molecule has 2 aliphatic heterocycles. The van der Waals surface area contributed by atoms with Gasteiger partial charge >= 0.3 is 0 Å². The van der Waals surface area contributed by atoms with Gasteiger partial charge in [-0.1, -0.05) is 0 Å². The lowest BCUT2D eigenvalue weighted by Crippen LogP contribution is -2.49. The average Bonchev–Trinajstić information content (AvgIpc) is 3.22. The zero-order chi connectivity index (χ0) is 27.3. The van der Waals surface area contributed by atoms with Crippen molar-refractivity contribution in [3.8, 4) is 5.75 Å². The van der Waals surface area contributed by atoms with E-state index in [-0.39, 0.29) is 61.2 Å². The Bertz CT molecular complexity index is 1020. The first kappa shape index (κ1) is 28.3. The molecular weight excluding hydrogens is 483 g/mol. The summed E-state index contributed by atoms with van der Waals surface area (Å²) in [4.78, 5) is 58.5. The van der Waals surface area contributed by atoms with Crippen molar-refractivity contribution in [2.24, 2.45) is 5.73 Å². The number of likely N-dealkylation sites (N-methyl/N-ethyl adjacent to an activating group) is 3. The van der Waals surface area contributed by atoms with Crippen LogP contribution in [0, 0.1) is 5.82 Å². The van der Waals surface area contributed by atoms with Gasteiger partial charge in [0, 0.05) is 46.2 Å². The van der Waals surface area contributed by atoms with Crippen LogP contribution >= 0.6 is 0 Å². The van der Waals surface area contributed by atoms with Crippen LogP contribution in [0.2, 0.25) is 0 Å². The van der Waals surface area contributed by atoms with Gasteiger partial charge in [0.1, 0.15) is 24.2 Å². The first-order valence-electron chi connectivity index (χ1n) is 12.4. The third-order valence-electron chi connectivity index (χ3n) is 6.75. The van der Waals surface area contributed by atoms with Gasteiger partial charge in [-0.25, -0.2) is 4.39 Å². The molecule has 3 rings (SSSR count). The van der Waals surface area contributed by atoms with Crippen LogP contribution in [0.5, 0.6) is 5.75 Å². The van der Waals surface area contributed by atoms with Crippen molar-refractivity contribution >= 4 is 23.6 Å². The van der Waals surface area contributed by atoms with E-state index in [2.05, 4.69) is 5.32 Å². The number of carbonyl (C=O) groups is 4. The minimum absolute atomic E-state index is 0.0239. The van der Waals surface area contributed by atoms with Gasteiger partial charge in [-0.15, -0.1) is 0 Å². The summed E-state index contributed by atoms with van der Waals surface area (Å²) in [6.07, 6.45) is 0.446. The van der Waals surface area contributed by atoms with E-state index in [9.17, 15) is 23.6 Å². The third-order valence-corrected chi connectivity index (χ3v) is 6.75. The first-order chi connectivity index (χ1) is 17.5. The molecule has 4 amide bonds. The van der Waals surface area contributed by atoms with Crippen molar-refractivity contribution in [3.05, 3.63) is 29.6 Å². The molecule has 1 aromatic carbocycles. The zero-order valence-electron chi connectivity index (χ0n) is 21.9. The summed E-state index contributed by atoms with van der Waals surface area (Å²) in [6.45, 7) is 1.16. The van der Waals surface area contributed by atoms with Gasteiger partial charge in [-0.05, 0) is 45.1 Å². The molecule has 1 saturated heterocycles. The van der Waals surface area contributed by atoms with Crippen LogP contribution in [-0.2, 0) is 14.4 Å². The Morgan fingerprint density at radius 3 is 2.65 bits per heavy atom. The Labute approximate surface area is 216 Å². The van der Waals surface area contributed by atoms with Crippen LogP contribution in [0.15, 0.2) is 18.2 Å². The van der Waals surface area contributed by atoms with E-state index in [0.717, 1.165) is 6.07 Å². The van der Waals surface area contributed by atoms with Crippen LogP contribution in [0.1, 0.15) is 29.6 Å². The number of rotatable bonds is 4. The molecule has 2 aliphatic rings. The molecule has 37 heavy (non-hydrogen) atoms. The highest BCUT2D eigenvalue weighted by molar-refractivity contribution is 5.99. The molecule has 1 aromatic rings. The maximum absolute atomic E-state index is 14.2. The van der Waals surface area contributed by atoms with Gasteiger partial charge < -0.3 is 35.4 Å². The first-order valence-corrected chi connectivity index (χ1v) is 12.4. The lowest BCUT2D eigenvalue weighted by molar-refractivity contribution is -0.140. The van der Waals surface area contributed by atoms with Crippen LogP contribution in [-0.4, -0.2) is 122 Å². The summed E-state index contributed by atoms with van der Waals surface area (Å²) < 4.78 is 20.1. The van der Waals surface area contributed by atoms with Crippen LogP contribution in [0.4, 0.5) is 4.39 Å². The molecule has 11 nitrogen and oxygen atoms in total. The Morgan fingerprint density at radius 2 is 1.95 bits per heavy atom. The van der Waals surface area contributed by atoms with Gasteiger partial charge in [0.15, 0.2) is 0 Å². The third kappa shape index (κ3) is 7.16. The smallest absolute Gasteiger partial charge is 0.258 e. The average molecular weight is 521 g/mol. The molecule has 0 aliphatic carbocycles. The molecule has 3 N–H and O–H groups in total. The number of benzene rings is 1. The highest BCUT2D eigenvalue weighted by atomic mass is 19.1. The Morgan fingerprint density at radius 1 is 1.22 bits per heavy atom. The number of carbonyl (C=O) groups excluding carboxylic acids is 4. The van der Waals surface area contributed by atoms with Crippen molar-refractivity contribution in [2.45, 2.75) is 37.4 Å². The largest absolute Gasteiger partial charge is 0.491 e. The monoisotopic (exact) mass is 520 g/mol. The van der Waals surface area contributed by atoms with E-state index >= 15 is 0 Å². The molecular formula is C25H37FN6O5. The SMILES string of the molecule is CN(C)CCNC(=O)[C@@H]1CCC(=O)N(C)CC(=O)N2C[C@H](N)C[C@H]2COc2ccc(F)cc2C(=O)N1C. The number of amides is 4. The van der Waals surface area contributed by atoms with Crippen molar-refractivity contribution in [1.82, 2.24) is 24.9 Å². The van der Waals surface area contributed by atoms with E-state index in [1.165, 1.54) is 36.0 Å². The van der Waals surface area contributed by atoms with E-state index in [4.69, 9.17) is 10.5 Å². The fraction of sp³-hybridized carbons (Fsp3) is 0.600. The zero-order valence-corrected chi connectivity index (χ0v) is 21.9. The molecule has 0 aromatic heterocycles. The predicted molar refractivity (Wildman–Crippen MR) is 134 cm³/mol. The van der Waals surface area contributed by atoms with Gasteiger partial charge in [-0.2, -0.15) is 0 Å². The maximum atomic E-state index is 14.2. The standard InChI is InChI=1S/C25H37FN6O5/c1-29(2)10-9-28-24(35)20-6-8-22(33)30(3)14-23(34)32-13-17(27)12-18(32)15-37-21-7-5-16(26)11-19(21)25(36)31(20)4/h5,7,11,17-18,20H,6,8-10,12-15,27H2,1-4H3,(H,28,35)/t17-,18+,20+/m1/s1. The lowest BCUT2D eigenvalue weighted by atomic mass is 10.1. The number of nitrogens with two attached hydrogens (primary N) is 1. The van der Waals surface area contributed by atoms with Crippen molar-refractivity contribution in [1.29, 1.82) is 0 Å². The Hall–Kier alpha value is -3.25. The topological polar surface area (TPSA) is 129 Å². The highest BCUT2D eigenvalue weighted by Gasteiger charge is 2.36. The lowest BCUT2D eigenvalue weighted by Gasteiger charge is -2.28. The molecule has 12 heteroatoms. The molecule has 2 heterocycles. The number of nitrogens with one attached hydrogen (secondary N) is 1. The minimum Gasteiger partial charge on any atom is -0.491 e. The number of nitrogens with zero attached hydrogens (tertiary/aromatic N) is 4. The second kappa shape index (κ2) is 12.3. The number of fused-ring (bicyclic) bond motifs is 2. The van der Waals surface area contributed by atoms with Crippen LogP contribution in [0.3, 0.4) is 0 Å². The quantitative estimate of drug-likeness (QED) is 0.548. The summed E-state index contributed by atoms with van der Waals surface area (Å²) in [5.41, 5.74) is 6.05. The van der Waals surface area contributed by atoms with E-state index in [0.29, 0.717) is 26.1 Å². The van der Waals surface area contributed by atoms with Gasteiger partial charge in [0.05, 0.1) is 18.2 Å². The summed E-state index contributed by atoms with van der Waals surface area (Å²) in [7, 11) is 6.71. The maximum Gasteiger partial charge on any atom is 0.258 e. The molecule has 1 fully saturated rings. The molecule has 0 saturated carbocycles. The molecule has 3 atom stereocenters. The summed E-state index contributed by atoms with van der Waals surface area (Å²) >= 11 is 0. The number of hydrogen-bond donors (Lipinski definition) is 2. The van der Waals surface area contributed by atoms with E-state index < -0.39 is 23.7 Å². The molecule has 0 spiro atoms. The summed E-state index contributed by atoms with van der Waals surface area (Å²) in [5, 5.41) is 2.80. The minimum atomic E-state index is -0.995. The highest BCUT2D eigenvalue weighted by Crippen LogP contribution is 2.25. The Balaban J connectivity index is 1.94. The second-order valence-electron chi connectivity index (χ2n) is 9.96. The number of halogens is 1. The predicted octanol–water partition coefficient (Wildman–Crippen LogP) is -0.497. The summed E-state index contributed by atoms with van der Waals surface area (Å²) in [5.74, 6) is -2.14. The number of ether oxygens (including phenoxy) is 1. The molecule has 204 valence electrons. The second-order valence-corrected chi connectivity index (χ2v) is 9.96. The van der Waals surface area contributed by atoms with Gasteiger partial charge in [0.25, 0.3) is 5.91 Å².